The van der Waals surface area contributed by atoms with Crippen LogP contribution >= 0.6 is 15.9 Å². The van der Waals surface area contributed by atoms with Gasteiger partial charge >= 0.3 is 0 Å². The van der Waals surface area contributed by atoms with Crippen molar-refractivity contribution in [3.05, 3.63) is 86.1 Å². The number of fused-ring (bicyclic) bond motifs is 1. The molecule has 7 heteroatoms. The van der Waals surface area contributed by atoms with Crippen LogP contribution in [0.4, 0.5) is 5.69 Å². The van der Waals surface area contributed by atoms with E-state index < -0.39 is 0 Å². The van der Waals surface area contributed by atoms with Gasteiger partial charge in [0.05, 0.1) is 17.1 Å². The van der Waals surface area contributed by atoms with Gasteiger partial charge in [-0.2, -0.15) is 9.78 Å². The molecule has 2 aromatic heterocycles. The van der Waals surface area contributed by atoms with Crippen LogP contribution in [0.2, 0.25) is 0 Å². The quantitative estimate of drug-likeness (QED) is 0.326. The van der Waals surface area contributed by atoms with E-state index in [2.05, 4.69) is 81.6 Å². The number of halogens is 1. The molecule has 0 fully saturated rings. The second-order valence-electron chi connectivity index (χ2n) is 8.37. The SMILES string of the molecule is CCCc1nc2ccc(Br)cc2c(=O)n1N=Cc1cc(C)n(-c2ccc(N(C)C)cc2)c1C. The van der Waals surface area contributed by atoms with E-state index in [1.165, 1.54) is 4.68 Å². The monoisotopic (exact) mass is 505 g/mol. The van der Waals surface area contributed by atoms with Crippen molar-refractivity contribution in [3.8, 4) is 5.69 Å². The van der Waals surface area contributed by atoms with E-state index in [1.54, 1.807) is 12.3 Å². The number of hydrogen-bond donors (Lipinski definition) is 0. The lowest BCUT2D eigenvalue weighted by molar-refractivity contribution is 0.703. The molecule has 170 valence electrons. The summed E-state index contributed by atoms with van der Waals surface area (Å²) < 4.78 is 4.49. The van der Waals surface area contributed by atoms with Gasteiger partial charge in [0.2, 0.25) is 0 Å². The highest BCUT2D eigenvalue weighted by atomic mass is 79.9. The highest BCUT2D eigenvalue weighted by molar-refractivity contribution is 9.10. The molecule has 0 aliphatic rings. The molecule has 0 spiro atoms. The molecule has 0 saturated carbocycles. The van der Waals surface area contributed by atoms with E-state index in [9.17, 15) is 4.79 Å². The summed E-state index contributed by atoms with van der Waals surface area (Å²) in [6.07, 6.45) is 3.32. The Bertz CT molecular complexity index is 1400. The van der Waals surface area contributed by atoms with Crippen LogP contribution in [-0.4, -0.2) is 34.5 Å². The zero-order valence-corrected chi connectivity index (χ0v) is 21.2. The molecule has 33 heavy (non-hydrogen) atoms. The largest absolute Gasteiger partial charge is 0.378 e. The topological polar surface area (TPSA) is 55.4 Å². The van der Waals surface area contributed by atoms with Crippen molar-refractivity contribution < 1.29 is 0 Å². The fourth-order valence-corrected chi connectivity index (χ4v) is 4.40. The molecule has 0 radical (unpaired) electrons. The zero-order valence-electron chi connectivity index (χ0n) is 19.6. The van der Waals surface area contributed by atoms with Crippen molar-refractivity contribution in [2.75, 3.05) is 19.0 Å². The summed E-state index contributed by atoms with van der Waals surface area (Å²) >= 11 is 3.45. The molecule has 0 bridgehead atoms. The van der Waals surface area contributed by atoms with Crippen molar-refractivity contribution in [3.63, 3.8) is 0 Å². The van der Waals surface area contributed by atoms with E-state index in [0.29, 0.717) is 23.1 Å². The minimum absolute atomic E-state index is 0.158. The maximum absolute atomic E-state index is 13.2. The molecule has 2 heterocycles. The molecular formula is C26H28BrN5O. The number of rotatable bonds is 6. The lowest BCUT2D eigenvalue weighted by Crippen LogP contribution is -2.22. The van der Waals surface area contributed by atoms with Gasteiger partial charge in [-0.1, -0.05) is 22.9 Å². The predicted molar refractivity (Wildman–Crippen MR) is 140 cm³/mol. The van der Waals surface area contributed by atoms with Gasteiger partial charge in [0, 0.05) is 53.3 Å². The highest BCUT2D eigenvalue weighted by Gasteiger charge is 2.13. The van der Waals surface area contributed by atoms with Gasteiger partial charge < -0.3 is 9.47 Å². The molecule has 6 nitrogen and oxygen atoms in total. The first-order valence-electron chi connectivity index (χ1n) is 11.0. The van der Waals surface area contributed by atoms with Gasteiger partial charge in [-0.25, -0.2) is 4.98 Å². The van der Waals surface area contributed by atoms with Gasteiger partial charge in [-0.3, -0.25) is 4.79 Å². The lowest BCUT2D eigenvalue weighted by atomic mass is 10.2. The molecule has 2 aromatic carbocycles. The fraction of sp³-hybridized carbons (Fsp3) is 0.269. The summed E-state index contributed by atoms with van der Waals surface area (Å²) in [5.41, 5.74) is 5.92. The van der Waals surface area contributed by atoms with Gasteiger partial charge in [0.1, 0.15) is 5.82 Å². The summed E-state index contributed by atoms with van der Waals surface area (Å²) in [6.45, 7) is 6.22. The highest BCUT2D eigenvalue weighted by Crippen LogP contribution is 2.22. The van der Waals surface area contributed by atoms with Crippen LogP contribution in [0.5, 0.6) is 0 Å². The summed E-state index contributed by atoms with van der Waals surface area (Å²) in [4.78, 5) is 20.0. The van der Waals surface area contributed by atoms with Crippen molar-refractivity contribution in [1.29, 1.82) is 0 Å². The number of aromatic nitrogens is 3. The Kier molecular flexibility index (Phi) is 6.51. The molecule has 4 rings (SSSR count). The minimum atomic E-state index is -0.158. The van der Waals surface area contributed by atoms with Gasteiger partial charge in [0.25, 0.3) is 5.56 Å². The smallest absolute Gasteiger partial charge is 0.282 e. The van der Waals surface area contributed by atoms with Crippen molar-refractivity contribution >= 4 is 38.7 Å². The summed E-state index contributed by atoms with van der Waals surface area (Å²) in [5.74, 6) is 0.668. The Morgan fingerprint density at radius 1 is 1.09 bits per heavy atom. The van der Waals surface area contributed by atoms with Crippen LogP contribution in [-0.2, 0) is 6.42 Å². The predicted octanol–water partition coefficient (Wildman–Crippen LogP) is 5.47. The molecule has 0 aliphatic carbocycles. The van der Waals surface area contributed by atoms with Gasteiger partial charge in [-0.15, -0.1) is 0 Å². The van der Waals surface area contributed by atoms with Crippen LogP contribution in [0.1, 0.15) is 36.1 Å². The molecular weight excluding hydrogens is 478 g/mol. The third-order valence-corrected chi connectivity index (χ3v) is 6.25. The Morgan fingerprint density at radius 3 is 2.48 bits per heavy atom. The molecule has 4 aromatic rings. The van der Waals surface area contributed by atoms with Gasteiger partial charge in [-0.05, 0) is 68.8 Å². The second kappa shape index (κ2) is 9.35. The van der Waals surface area contributed by atoms with E-state index in [0.717, 1.165) is 39.2 Å². The molecule has 0 unspecified atom stereocenters. The normalized spacial score (nSPS) is 11.6. The Balaban J connectivity index is 1.77. The summed E-state index contributed by atoms with van der Waals surface area (Å²) in [6, 6.07) is 16.1. The first-order chi connectivity index (χ1) is 15.8. The Labute approximate surface area is 202 Å². The maximum atomic E-state index is 13.2. The van der Waals surface area contributed by atoms with Crippen molar-refractivity contribution in [1.82, 2.24) is 14.2 Å². The van der Waals surface area contributed by atoms with Crippen LogP contribution < -0.4 is 10.5 Å². The first kappa shape index (κ1) is 23.0. The van der Waals surface area contributed by atoms with Gasteiger partial charge in [0.15, 0.2) is 0 Å². The molecule has 0 N–H and O–H groups in total. The van der Waals surface area contributed by atoms with Crippen LogP contribution in [0.15, 0.2) is 62.9 Å². The summed E-state index contributed by atoms with van der Waals surface area (Å²) in [5, 5.41) is 5.15. The zero-order chi connectivity index (χ0) is 23.7. The third-order valence-electron chi connectivity index (χ3n) is 5.76. The van der Waals surface area contributed by atoms with E-state index in [-0.39, 0.29) is 5.56 Å². The molecule has 0 amide bonds. The average Bonchev–Trinajstić information content (AvgIpc) is 3.07. The molecule has 0 aliphatic heterocycles. The number of hydrogen-bond acceptors (Lipinski definition) is 4. The van der Waals surface area contributed by atoms with Crippen LogP contribution in [0.3, 0.4) is 0 Å². The van der Waals surface area contributed by atoms with E-state index in [4.69, 9.17) is 4.98 Å². The second-order valence-corrected chi connectivity index (χ2v) is 9.29. The minimum Gasteiger partial charge on any atom is -0.378 e. The Morgan fingerprint density at radius 2 is 1.82 bits per heavy atom. The number of nitrogens with zero attached hydrogens (tertiary/aromatic N) is 5. The number of anilines is 1. The third kappa shape index (κ3) is 4.50. The van der Waals surface area contributed by atoms with Crippen molar-refractivity contribution in [2.24, 2.45) is 5.10 Å². The van der Waals surface area contributed by atoms with Crippen LogP contribution in [0.25, 0.3) is 16.6 Å². The van der Waals surface area contributed by atoms with Crippen molar-refractivity contribution in [2.45, 2.75) is 33.6 Å². The lowest BCUT2D eigenvalue weighted by Gasteiger charge is -2.14. The standard InChI is InChI=1S/C26H28BrN5O/c1-6-7-25-29-24-13-8-20(27)15-23(24)26(33)32(25)28-16-19-14-17(2)31(18(19)3)22-11-9-21(10-12-22)30(4)5/h8-16H,6-7H2,1-5H3. The van der Waals surface area contributed by atoms with E-state index in [1.807, 2.05) is 26.2 Å². The van der Waals surface area contributed by atoms with E-state index >= 15 is 0 Å². The number of benzene rings is 2. The van der Waals surface area contributed by atoms with Crippen LogP contribution in [0, 0.1) is 13.8 Å². The molecule has 0 saturated heterocycles. The first-order valence-corrected chi connectivity index (χ1v) is 11.8. The fourth-order valence-electron chi connectivity index (χ4n) is 4.03. The maximum Gasteiger partial charge on any atom is 0.282 e. The molecule has 0 atom stereocenters. The Hall–Kier alpha value is -3.19. The number of aryl methyl sites for hydroxylation is 2. The summed E-state index contributed by atoms with van der Waals surface area (Å²) in [7, 11) is 4.07. The average molecular weight is 506 g/mol.